The smallest absolute Gasteiger partial charge is 0.234 e. The van der Waals surface area contributed by atoms with Gasteiger partial charge in [0.05, 0.1) is 6.54 Å². The Morgan fingerprint density at radius 3 is 2.75 bits per heavy atom. The van der Waals surface area contributed by atoms with Crippen LogP contribution in [0.1, 0.15) is 52.9 Å². The summed E-state index contributed by atoms with van der Waals surface area (Å²) in [5.74, 6) is 1.39. The number of rotatable bonds is 8. The van der Waals surface area contributed by atoms with Crippen LogP contribution < -0.4 is 5.32 Å². The van der Waals surface area contributed by atoms with Gasteiger partial charge in [0, 0.05) is 19.2 Å². The average Bonchev–Trinajstić information content (AvgIpc) is 2.37. The Kier molecular flexibility index (Phi) is 8.15. The molecule has 4 heteroatoms. The Morgan fingerprint density at radius 1 is 1.35 bits per heavy atom. The van der Waals surface area contributed by atoms with Crippen molar-refractivity contribution in [3.8, 4) is 0 Å². The van der Waals surface area contributed by atoms with Gasteiger partial charge >= 0.3 is 0 Å². The second-order valence-corrected chi connectivity index (χ2v) is 6.70. The second kappa shape index (κ2) is 9.35. The summed E-state index contributed by atoms with van der Waals surface area (Å²) >= 11 is 0. The number of likely N-dealkylation sites (tertiary alicyclic amines) is 1. The summed E-state index contributed by atoms with van der Waals surface area (Å²) in [6, 6.07) is 0.267. The van der Waals surface area contributed by atoms with Crippen molar-refractivity contribution in [1.82, 2.24) is 10.2 Å². The van der Waals surface area contributed by atoms with Gasteiger partial charge in [0.25, 0.3) is 0 Å². The number of nitrogens with one attached hydrogen (secondary N) is 1. The molecule has 4 nitrogen and oxygen atoms in total. The van der Waals surface area contributed by atoms with Crippen molar-refractivity contribution >= 4 is 5.91 Å². The lowest BCUT2D eigenvalue weighted by molar-refractivity contribution is -0.123. The number of aliphatic hydroxyl groups excluding tert-OH is 1. The number of hydrogen-bond acceptors (Lipinski definition) is 3. The van der Waals surface area contributed by atoms with Gasteiger partial charge in [-0.05, 0) is 57.4 Å². The van der Waals surface area contributed by atoms with Crippen LogP contribution in [0.4, 0.5) is 0 Å². The Hall–Kier alpha value is -0.610. The van der Waals surface area contributed by atoms with E-state index >= 15 is 0 Å². The molecule has 0 bridgehead atoms. The number of amides is 1. The Morgan fingerprint density at radius 2 is 2.10 bits per heavy atom. The number of piperidine rings is 1. The highest BCUT2D eigenvalue weighted by Gasteiger charge is 2.21. The molecule has 0 aromatic carbocycles. The van der Waals surface area contributed by atoms with Gasteiger partial charge < -0.3 is 10.4 Å². The zero-order valence-corrected chi connectivity index (χ0v) is 13.4. The minimum absolute atomic E-state index is 0.144. The van der Waals surface area contributed by atoms with E-state index in [0.29, 0.717) is 18.4 Å². The summed E-state index contributed by atoms with van der Waals surface area (Å²) in [7, 11) is 0. The number of carbonyl (C=O) groups excluding carboxylic acids is 1. The van der Waals surface area contributed by atoms with Crippen LogP contribution in [-0.4, -0.2) is 48.2 Å². The molecule has 1 heterocycles. The summed E-state index contributed by atoms with van der Waals surface area (Å²) in [5.41, 5.74) is 0. The van der Waals surface area contributed by atoms with Crippen LogP contribution in [-0.2, 0) is 4.79 Å². The maximum absolute atomic E-state index is 12.0. The molecule has 118 valence electrons. The summed E-state index contributed by atoms with van der Waals surface area (Å²) in [6.45, 7) is 9.24. The van der Waals surface area contributed by atoms with E-state index < -0.39 is 0 Å². The van der Waals surface area contributed by atoms with Gasteiger partial charge in [-0.2, -0.15) is 0 Å². The second-order valence-electron chi connectivity index (χ2n) is 6.70. The van der Waals surface area contributed by atoms with Gasteiger partial charge in [-0.25, -0.2) is 0 Å². The normalized spacial score (nSPS) is 21.9. The molecule has 0 aliphatic carbocycles. The van der Waals surface area contributed by atoms with Crippen LogP contribution in [0.3, 0.4) is 0 Å². The fourth-order valence-corrected chi connectivity index (χ4v) is 2.89. The van der Waals surface area contributed by atoms with E-state index in [0.717, 1.165) is 38.8 Å². The molecule has 1 aliphatic heterocycles. The van der Waals surface area contributed by atoms with Crippen LogP contribution in [0.2, 0.25) is 0 Å². The van der Waals surface area contributed by atoms with E-state index in [4.69, 9.17) is 5.11 Å². The summed E-state index contributed by atoms with van der Waals surface area (Å²) < 4.78 is 0. The molecule has 0 spiro atoms. The Labute approximate surface area is 123 Å². The van der Waals surface area contributed by atoms with Crippen LogP contribution in [0.5, 0.6) is 0 Å². The summed E-state index contributed by atoms with van der Waals surface area (Å²) in [6.07, 6.45) is 5.40. The molecule has 0 radical (unpaired) electrons. The Balaban J connectivity index is 2.23. The minimum Gasteiger partial charge on any atom is -0.396 e. The van der Waals surface area contributed by atoms with Gasteiger partial charge in [0.1, 0.15) is 0 Å². The molecule has 1 rings (SSSR count). The van der Waals surface area contributed by atoms with Gasteiger partial charge in [0.15, 0.2) is 0 Å². The largest absolute Gasteiger partial charge is 0.396 e. The first kappa shape index (κ1) is 17.4. The highest BCUT2D eigenvalue weighted by atomic mass is 16.3. The molecular weight excluding hydrogens is 252 g/mol. The van der Waals surface area contributed by atoms with E-state index in [-0.39, 0.29) is 18.6 Å². The van der Waals surface area contributed by atoms with Crippen molar-refractivity contribution in [3.63, 3.8) is 0 Å². The molecule has 2 atom stereocenters. The van der Waals surface area contributed by atoms with E-state index in [1.165, 1.54) is 6.42 Å². The first-order valence-corrected chi connectivity index (χ1v) is 8.13. The third-order valence-corrected chi connectivity index (χ3v) is 4.09. The number of hydrogen-bond donors (Lipinski definition) is 2. The lowest BCUT2D eigenvalue weighted by Crippen LogP contribution is -2.44. The summed E-state index contributed by atoms with van der Waals surface area (Å²) in [4.78, 5) is 14.3. The van der Waals surface area contributed by atoms with Gasteiger partial charge in [0.2, 0.25) is 5.91 Å². The maximum Gasteiger partial charge on any atom is 0.234 e. The number of nitrogens with zero attached hydrogens (tertiary/aromatic N) is 1. The third kappa shape index (κ3) is 7.25. The lowest BCUT2D eigenvalue weighted by Gasteiger charge is -2.32. The lowest BCUT2D eigenvalue weighted by atomic mass is 9.95. The summed E-state index contributed by atoms with van der Waals surface area (Å²) in [5, 5.41) is 12.1. The van der Waals surface area contributed by atoms with Gasteiger partial charge in [-0.1, -0.05) is 13.8 Å². The third-order valence-electron chi connectivity index (χ3n) is 4.09. The Bertz CT molecular complexity index is 280. The van der Waals surface area contributed by atoms with Crippen molar-refractivity contribution in [2.45, 2.75) is 58.9 Å². The van der Waals surface area contributed by atoms with Crippen LogP contribution in [0.15, 0.2) is 0 Å². The van der Waals surface area contributed by atoms with E-state index in [9.17, 15) is 4.79 Å². The molecule has 1 saturated heterocycles. The number of aliphatic hydroxyl groups is 1. The van der Waals surface area contributed by atoms with Crippen LogP contribution in [0, 0.1) is 11.8 Å². The van der Waals surface area contributed by atoms with Crippen LogP contribution in [0.25, 0.3) is 0 Å². The molecule has 1 aliphatic rings. The fraction of sp³-hybridized carbons (Fsp3) is 0.938. The molecule has 0 saturated carbocycles. The van der Waals surface area contributed by atoms with Crippen LogP contribution >= 0.6 is 0 Å². The highest BCUT2D eigenvalue weighted by molar-refractivity contribution is 5.78. The topological polar surface area (TPSA) is 52.6 Å². The maximum atomic E-state index is 12.0. The predicted octanol–water partition coefficient (Wildman–Crippen LogP) is 2.02. The molecule has 1 amide bonds. The molecule has 1 fully saturated rings. The predicted molar refractivity (Wildman–Crippen MR) is 82.5 cm³/mol. The van der Waals surface area contributed by atoms with Crippen molar-refractivity contribution < 1.29 is 9.90 Å². The zero-order chi connectivity index (χ0) is 15.0. The highest BCUT2D eigenvalue weighted by Crippen LogP contribution is 2.18. The van der Waals surface area contributed by atoms with Crippen molar-refractivity contribution in [2.24, 2.45) is 11.8 Å². The molecule has 2 unspecified atom stereocenters. The standard InChI is InChI=1S/C16H32N2O2/c1-13(2)6-7-14(3)17-16(20)12-18-9-4-5-15(11-18)8-10-19/h13-15,19H,4-12H2,1-3H3,(H,17,20). The first-order valence-electron chi connectivity index (χ1n) is 8.13. The van der Waals surface area contributed by atoms with Crippen molar-refractivity contribution in [1.29, 1.82) is 0 Å². The van der Waals surface area contributed by atoms with E-state index in [1.807, 2.05) is 0 Å². The molecule has 0 aromatic heterocycles. The fourth-order valence-electron chi connectivity index (χ4n) is 2.89. The SMILES string of the molecule is CC(C)CCC(C)NC(=O)CN1CCCC(CCO)C1. The van der Waals surface area contributed by atoms with Gasteiger partial charge in [-0.15, -0.1) is 0 Å². The monoisotopic (exact) mass is 284 g/mol. The molecule has 0 aromatic rings. The van der Waals surface area contributed by atoms with E-state index in [2.05, 4.69) is 31.0 Å². The molecule has 20 heavy (non-hydrogen) atoms. The van der Waals surface area contributed by atoms with Crippen molar-refractivity contribution in [3.05, 3.63) is 0 Å². The molecular formula is C16H32N2O2. The number of carbonyl (C=O) groups is 1. The first-order chi connectivity index (χ1) is 9.51. The van der Waals surface area contributed by atoms with E-state index in [1.54, 1.807) is 0 Å². The average molecular weight is 284 g/mol. The quantitative estimate of drug-likeness (QED) is 0.717. The van der Waals surface area contributed by atoms with Gasteiger partial charge in [-0.3, -0.25) is 9.69 Å². The van der Waals surface area contributed by atoms with Crippen molar-refractivity contribution in [2.75, 3.05) is 26.2 Å². The minimum atomic E-state index is 0.144. The molecule has 2 N–H and O–H groups in total. The zero-order valence-electron chi connectivity index (χ0n) is 13.4.